The zero-order chi connectivity index (χ0) is 13.2. The highest BCUT2D eigenvalue weighted by molar-refractivity contribution is 5.51. The van der Waals surface area contributed by atoms with E-state index in [1.807, 2.05) is 31.4 Å². The maximum Gasteiger partial charge on any atom is 0.166 e. The van der Waals surface area contributed by atoms with Crippen molar-refractivity contribution in [3.05, 3.63) is 41.7 Å². The summed E-state index contributed by atoms with van der Waals surface area (Å²) in [6.45, 7) is 1.12. The van der Waals surface area contributed by atoms with Gasteiger partial charge >= 0.3 is 0 Å². The van der Waals surface area contributed by atoms with E-state index in [0.29, 0.717) is 13.2 Å². The van der Waals surface area contributed by atoms with Crippen molar-refractivity contribution in [2.45, 2.75) is 6.04 Å². The molecule has 1 aromatic heterocycles. The largest absolute Gasteiger partial charge is 0.486 e. The molecule has 1 unspecified atom stereocenters. The highest BCUT2D eigenvalue weighted by atomic mass is 16.6. The first kappa shape index (κ1) is 12.0. The molecule has 1 aliphatic heterocycles. The smallest absolute Gasteiger partial charge is 0.166 e. The van der Waals surface area contributed by atoms with E-state index in [1.165, 1.54) is 0 Å². The third-order valence-electron chi connectivity index (χ3n) is 3.13. The fraction of sp³-hybridized carbons (Fsp3) is 0.308. The Kier molecular flexibility index (Phi) is 3.10. The zero-order valence-corrected chi connectivity index (χ0v) is 10.7. The van der Waals surface area contributed by atoms with E-state index in [4.69, 9.17) is 15.3 Å². The van der Waals surface area contributed by atoms with E-state index in [9.17, 15) is 0 Å². The number of para-hydroxylation sites is 1. The van der Waals surface area contributed by atoms with Gasteiger partial charge in [0.2, 0.25) is 0 Å². The molecule has 1 atom stereocenters. The average molecular weight is 260 g/mol. The molecule has 0 bridgehead atoms. The number of aromatic nitrogens is 2. The summed E-state index contributed by atoms with van der Waals surface area (Å²) >= 11 is 0. The van der Waals surface area contributed by atoms with Crippen molar-refractivity contribution >= 4 is 0 Å². The molecule has 0 fully saturated rings. The molecule has 0 saturated carbocycles. The Labute approximate surface area is 111 Å². The van der Waals surface area contributed by atoms with Crippen LogP contribution in [0.15, 0.2) is 30.6 Å². The lowest BCUT2D eigenvalue weighted by atomic mass is 10.0. The Balaban J connectivity index is 2.04. The Hall–Kier alpha value is -2.05. The van der Waals surface area contributed by atoms with Crippen LogP contribution in [-0.4, -0.2) is 23.0 Å². The van der Waals surface area contributed by atoms with Crippen LogP contribution in [-0.2, 0) is 7.05 Å². The van der Waals surface area contributed by atoms with Crippen LogP contribution in [0.1, 0.15) is 17.2 Å². The molecule has 0 saturated heterocycles. The number of benzene rings is 1. The Morgan fingerprint density at radius 3 is 2.95 bits per heavy atom. The molecular weight excluding hydrogens is 244 g/mol. The summed E-state index contributed by atoms with van der Waals surface area (Å²) < 4.78 is 13.0. The predicted molar refractivity (Wildman–Crippen MR) is 69.8 cm³/mol. The molecule has 0 amide bonds. The fourth-order valence-corrected chi connectivity index (χ4v) is 2.28. The normalized spacial score (nSPS) is 15.3. The van der Waals surface area contributed by atoms with E-state index >= 15 is 0 Å². The number of fused-ring (bicyclic) bond motifs is 1. The second-order valence-corrected chi connectivity index (χ2v) is 4.42. The standard InChI is InChI=1S/C13H16N4O2/c1-17-8-9(7-15-17)12(16-14)10-3-2-4-11-13(10)19-6-5-18-11/h2-4,7-8,12,16H,5-6,14H2,1H3. The molecule has 3 rings (SSSR count). The van der Waals surface area contributed by atoms with E-state index in [1.54, 1.807) is 10.9 Å². The van der Waals surface area contributed by atoms with Crippen molar-refractivity contribution < 1.29 is 9.47 Å². The van der Waals surface area contributed by atoms with Gasteiger partial charge < -0.3 is 9.47 Å². The van der Waals surface area contributed by atoms with E-state index in [0.717, 1.165) is 22.6 Å². The molecule has 0 aliphatic carbocycles. The van der Waals surface area contributed by atoms with Gasteiger partial charge in [-0.1, -0.05) is 12.1 Å². The zero-order valence-electron chi connectivity index (χ0n) is 10.7. The number of nitrogens with one attached hydrogen (secondary N) is 1. The minimum atomic E-state index is -0.176. The van der Waals surface area contributed by atoms with Crippen molar-refractivity contribution in [2.24, 2.45) is 12.9 Å². The SMILES string of the molecule is Cn1cc(C(NN)c2cccc3c2OCCO3)cn1. The Bertz CT molecular complexity index is 582. The maximum absolute atomic E-state index is 5.72. The second-order valence-electron chi connectivity index (χ2n) is 4.42. The topological polar surface area (TPSA) is 74.3 Å². The van der Waals surface area contributed by atoms with Crippen LogP contribution in [0.3, 0.4) is 0 Å². The number of hydrogen-bond acceptors (Lipinski definition) is 5. The number of hydrogen-bond donors (Lipinski definition) is 2. The number of aryl methyl sites for hydroxylation is 1. The highest BCUT2D eigenvalue weighted by Crippen LogP contribution is 2.38. The summed E-state index contributed by atoms with van der Waals surface area (Å²) in [6.07, 6.45) is 3.71. The quantitative estimate of drug-likeness (QED) is 0.629. The first-order valence-corrected chi connectivity index (χ1v) is 6.13. The molecule has 1 aliphatic rings. The number of nitrogens with two attached hydrogens (primary N) is 1. The third-order valence-corrected chi connectivity index (χ3v) is 3.13. The summed E-state index contributed by atoms with van der Waals surface area (Å²) in [5.74, 6) is 7.20. The van der Waals surface area contributed by atoms with Gasteiger partial charge in [-0.3, -0.25) is 10.5 Å². The average Bonchev–Trinajstić information content (AvgIpc) is 2.86. The number of hydrazine groups is 1. The van der Waals surface area contributed by atoms with Crippen LogP contribution >= 0.6 is 0 Å². The van der Waals surface area contributed by atoms with Crippen molar-refractivity contribution in [1.29, 1.82) is 0 Å². The highest BCUT2D eigenvalue weighted by Gasteiger charge is 2.23. The molecule has 19 heavy (non-hydrogen) atoms. The summed E-state index contributed by atoms with van der Waals surface area (Å²) in [5, 5.41) is 4.17. The van der Waals surface area contributed by atoms with Gasteiger partial charge in [-0.25, -0.2) is 5.43 Å². The van der Waals surface area contributed by atoms with Crippen LogP contribution in [0.2, 0.25) is 0 Å². The van der Waals surface area contributed by atoms with Gasteiger partial charge in [0.1, 0.15) is 13.2 Å². The number of ether oxygens (including phenoxy) is 2. The summed E-state index contributed by atoms with van der Waals surface area (Å²) in [4.78, 5) is 0. The van der Waals surface area contributed by atoms with E-state index in [2.05, 4.69) is 10.5 Å². The minimum Gasteiger partial charge on any atom is -0.486 e. The first-order valence-electron chi connectivity index (χ1n) is 6.13. The molecule has 6 nitrogen and oxygen atoms in total. The molecule has 2 aromatic rings. The van der Waals surface area contributed by atoms with Gasteiger partial charge in [-0.05, 0) is 6.07 Å². The molecule has 3 N–H and O–H groups in total. The molecule has 100 valence electrons. The molecule has 1 aromatic carbocycles. The van der Waals surface area contributed by atoms with Crippen molar-refractivity contribution in [2.75, 3.05) is 13.2 Å². The van der Waals surface area contributed by atoms with E-state index in [-0.39, 0.29) is 6.04 Å². The van der Waals surface area contributed by atoms with Crippen molar-refractivity contribution in [3.8, 4) is 11.5 Å². The molecule has 0 radical (unpaired) electrons. The van der Waals surface area contributed by atoms with Crippen LogP contribution in [0.25, 0.3) is 0 Å². The van der Waals surface area contributed by atoms with Gasteiger partial charge in [0.25, 0.3) is 0 Å². The number of rotatable bonds is 3. The van der Waals surface area contributed by atoms with Gasteiger partial charge in [0.05, 0.1) is 12.2 Å². The summed E-state index contributed by atoms with van der Waals surface area (Å²) in [5.41, 5.74) is 4.74. The van der Waals surface area contributed by atoms with Crippen LogP contribution in [0.5, 0.6) is 11.5 Å². The lowest BCUT2D eigenvalue weighted by Crippen LogP contribution is -2.29. The maximum atomic E-state index is 5.72. The summed E-state index contributed by atoms with van der Waals surface area (Å²) in [7, 11) is 1.87. The van der Waals surface area contributed by atoms with Gasteiger partial charge in [-0.15, -0.1) is 0 Å². The minimum absolute atomic E-state index is 0.176. The third kappa shape index (κ3) is 2.16. The van der Waals surface area contributed by atoms with Gasteiger partial charge in [0.15, 0.2) is 11.5 Å². The Morgan fingerprint density at radius 2 is 2.21 bits per heavy atom. The van der Waals surface area contributed by atoms with Crippen LogP contribution in [0.4, 0.5) is 0 Å². The molecule has 2 heterocycles. The van der Waals surface area contributed by atoms with Gasteiger partial charge in [-0.2, -0.15) is 5.10 Å². The summed E-state index contributed by atoms with van der Waals surface area (Å²) in [6, 6.07) is 5.63. The molecule has 6 heteroatoms. The van der Waals surface area contributed by atoms with Crippen LogP contribution in [0, 0.1) is 0 Å². The second kappa shape index (κ2) is 4.91. The van der Waals surface area contributed by atoms with Gasteiger partial charge in [0, 0.05) is 24.4 Å². The molecular formula is C13H16N4O2. The Morgan fingerprint density at radius 1 is 1.37 bits per heavy atom. The lowest BCUT2D eigenvalue weighted by Gasteiger charge is -2.24. The van der Waals surface area contributed by atoms with Crippen molar-refractivity contribution in [1.82, 2.24) is 15.2 Å². The monoisotopic (exact) mass is 260 g/mol. The first-order chi connectivity index (χ1) is 9.29. The number of nitrogens with zero attached hydrogens (tertiary/aromatic N) is 2. The van der Waals surface area contributed by atoms with E-state index < -0.39 is 0 Å². The molecule has 0 spiro atoms. The fourth-order valence-electron chi connectivity index (χ4n) is 2.28. The van der Waals surface area contributed by atoms with Crippen LogP contribution < -0.4 is 20.7 Å². The predicted octanol–water partition coefficient (Wildman–Crippen LogP) is 0.744. The lowest BCUT2D eigenvalue weighted by molar-refractivity contribution is 0.169. The van der Waals surface area contributed by atoms with Crippen molar-refractivity contribution in [3.63, 3.8) is 0 Å².